The maximum atomic E-state index is 12.8. The van der Waals surface area contributed by atoms with Crippen LogP contribution in [0.2, 0.25) is 0 Å². The molecule has 0 aliphatic carbocycles. The second kappa shape index (κ2) is 8.38. The molecular weight excluding hydrogens is 382 g/mol. The van der Waals surface area contributed by atoms with Crippen LogP contribution in [0.5, 0.6) is 0 Å². The number of aliphatic carboxylic acids is 1. The largest absolute Gasteiger partial charge is 0.478 e. The Kier molecular flexibility index (Phi) is 5.49. The van der Waals surface area contributed by atoms with Gasteiger partial charge < -0.3 is 25.2 Å². The van der Waals surface area contributed by atoms with Crippen LogP contribution >= 0.6 is 0 Å². The van der Waals surface area contributed by atoms with E-state index in [0.29, 0.717) is 40.9 Å². The van der Waals surface area contributed by atoms with Crippen molar-refractivity contribution in [2.75, 3.05) is 38.5 Å². The van der Waals surface area contributed by atoms with Crippen molar-refractivity contribution in [3.8, 4) is 0 Å². The van der Waals surface area contributed by atoms with Crippen LogP contribution in [0, 0.1) is 0 Å². The number of amides is 2. The molecule has 1 aromatic carbocycles. The Labute approximate surface area is 173 Å². The Hall–Kier alpha value is -3.65. The van der Waals surface area contributed by atoms with E-state index in [1.165, 1.54) is 0 Å². The fourth-order valence-corrected chi connectivity index (χ4v) is 3.55. The highest BCUT2D eigenvalue weighted by atomic mass is 16.4. The Bertz CT molecular complexity index is 1100. The molecule has 1 fully saturated rings. The number of carbonyl (C=O) groups is 2. The van der Waals surface area contributed by atoms with E-state index >= 15 is 0 Å². The van der Waals surface area contributed by atoms with Gasteiger partial charge in [0.15, 0.2) is 0 Å². The quantitative estimate of drug-likeness (QED) is 0.579. The number of benzene rings is 1. The predicted octanol–water partition coefficient (Wildman–Crippen LogP) is 2.97. The fourth-order valence-electron chi connectivity index (χ4n) is 3.55. The SMILES string of the molecule is CN1CCN(C(=O)Nc2ccnc3[nH]cc(C=C(C(=O)O)c4ccccc4)c23)CC1. The molecule has 154 valence electrons. The smallest absolute Gasteiger partial charge is 0.336 e. The zero-order valence-corrected chi connectivity index (χ0v) is 16.6. The van der Waals surface area contributed by atoms with Crippen molar-refractivity contribution in [3.63, 3.8) is 0 Å². The number of likely N-dealkylation sites (N-methyl/N-ethyl adjacent to an activating group) is 1. The number of hydrogen-bond donors (Lipinski definition) is 3. The minimum absolute atomic E-state index is 0.164. The van der Waals surface area contributed by atoms with Crippen molar-refractivity contribution >= 4 is 40.4 Å². The number of rotatable bonds is 4. The van der Waals surface area contributed by atoms with Gasteiger partial charge in [-0.1, -0.05) is 30.3 Å². The number of fused-ring (bicyclic) bond motifs is 1. The van der Waals surface area contributed by atoms with E-state index in [4.69, 9.17) is 0 Å². The number of carbonyl (C=O) groups excluding carboxylic acids is 1. The summed E-state index contributed by atoms with van der Waals surface area (Å²) >= 11 is 0. The number of carboxylic acids is 1. The number of pyridine rings is 1. The molecular formula is C22H23N5O3. The van der Waals surface area contributed by atoms with Crippen LogP contribution in [0.25, 0.3) is 22.7 Å². The summed E-state index contributed by atoms with van der Waals surface area (Å²) in [7, 11) is 2.03. The molecule has 8 heteroatoms. The number of urea groups is 1. The summed E-state index contributed by atoms with van der Waals surface area (Å²) in [5, 5.41) is 13.4. The second-order valence-electron chi connectivity index (χ2n) is 7.28. The highest BCUT2D eigenvalue weighted by Crippen LogP contribution is 2.29. The molecule has 3 heterocycles. The highest BCUT2D eigenvalue weighted by Gasteiger charge is 2.21. The van der Waals surface area contributed by atoms with Crippen molar-refractivity contribution in [1.82, 2.24) is 19.8 Å². The molecule has 0 unspecified atom stereocenters. The first-order valence-corrected chi connectivity index (χ1v) is 9.74. The molecule has 0 atom stereocenters. The van der Waals surface area contributed by atoms with Gasteiger partial charge in [0.1, 0.15) is 5.65 Å². The minimum Gasteiger partial charge on any atom is -0.478 e. The lowest BCUT2D eigenvalue weighted by molar-refractivity contribution is -0.130. The number of aromatic nitrogens is 2. The van der Waals surface area contributed by atoms with Crippen LogP contribution in [0.4, 0.5) is 10.5 Å². The van der Waals surface area contributed by atoms with Crippen molar-refractivity contribution in [1.29, 1.82) is 0 Å². The Morgan fingerprint density at radius 1 is 1.13 bits per heavy atom. The van der Waals surface area contributed by atoms with Gasteiger partial charge in [-0.05, 0) is 24.8 Å². The Morgan fingerprint density at radius 3 is 2.57 bits per heavy atom. The third kappa shape index (κ3) is 4.04. The van der Waals surface area contributed by atoms with Crippen molar-refractivity contribution in [3.05, 3.63) is 59.9 Å². The van der Waals surface area contributed by atoms with E-state index < -0.39 is 5.97 Å². The zero-order chi connectivity index (χ0) is 21.1. The van der Waals surface area contributed by atoms with E-state index in [1.54, 1.807) is 53.7 Å². The van der Waals surface area contributed by atoms with Gasteiger partial charge in [0.05, 0.1) is 11.3 Å². The van der Waals surface area contributed by atoms with Gasteiger partial charge in [-0.15, -0.1) is 0 Å². The fraction of sp³-hybridized carbons (Fsp3) is 0.227. The van der Waals surface area contributed by atoms with E-state index in [-0.39, 0.29) is 11.6 Å². The number of nitrogens with one attached hydrogen (secondary N) is 2. The summed E-state index contributed by atoms with van der Waals surface area (Å²) in [6.07, 6.45) is 4.92. The first-order chi connectivity index (χ1) is 14.5. The van der Waals surface area contributed by atoms with E-state index in [1.807, 2.05) is 13.1 Å². The molecule has 3 aromatic rings. The lowest BCUT2D eigenvalue weighted by Gasteiger charge is -2.32. The van der Waals surface area contributed by atoms with Gasteiger partial charge in [-0.25, -0.2) is 14.6 Å². The molecule has 0 spiro atoms. The molecule has 2 amide bonds. The molecule has 0 radical (unpaired) electrons. The third-order valence-corrected chi connectivity index (χ3v) is 5.25. The summed E-state index contributed by atoms with van der Waals surface area (Å²) in [5.41, 5.74) is 2.58. The number of aromatic amines is 1. The van der Waals surface area contributed by atoms with E-state index in [2.05, 4.69) is 20.2 Å². The molecule has 1 saturated heterocycles. The van der Waals surface area contributed by atoms with Crippen LogP contribution in [-0.4, -0.2) is 70.1 Å². The normalized spacial score (nSPS) is 15.4. The Balaban J connectivity index is 1.69. The number of anilines is 1. The molecule has 2 aromatic heterocycles. The molecule has 0 saturated carbocycles. The maximum absolute atomic E-state index is 12.8. The van der Waals surface area contributed by atoms with Crippen molar-refractivity contribution in [2.24, 2.45) is 0 Å². The lowest BCUT2D eigenvalue weighted by Crippen LogP contribution is -2.48. The number of nitrogens with zero attached hydrogens (tertiary/aromatic N) is 3. The summed E-state index contributed by atoms with van der Waals surface area (Å²) in [6.45, 7) is 2.98. The van der Waals surface area contributed by atoms with Crippen LogP contribution < -0.4 is 5.32 Å². The van der Waals surface area contributed by atoms with Gasteiger partial charge in [0.25, 0.3) is 0 Å². The molecule has 0 bridgehead atoms. The summed E-state index contributed by atoms with van der Waals surface area (Å²) in [6, 6.07) is 10.5. The summed E-state index contributed by atoms with van der Waals surface area (Å²) in [4.78, 5) is 36.0. The minimum atomic E-state index is -1.03. The van der Waals surface area contributed by atoms with E-state index in [0.717, 1.165) is 13.1 Å². The standard InChI is InChI=1S/C22H23N5O3/c1-26-9-11-27(12-10-26)22(30)25-18-7-8-23-20-19(18)16(14-24-20)13-17(21(28)29)15-5-3-2-4-6-15/h2-8,13-14H,9-12H2,1H3,(H,28,29)(H2,23,24,25,30). The molecule has 8 nitrogen and oxygen atoms in total. The van der Waals surface area contributed by atoms with Crippen molar-refractivity contribution in [2.45, 2.75) is 0 Å². The topological polar surface area (TPSA) is 102 Å². The first-order valence-electron chi connectivity index (χ1n) is 9.74. The molecule has 30 heavy (non-hydrogen) atoms. The van der Waals surface area contributed by atoms with Gasteiger partial charge in [-0.2, -0.15) is 0 Å². The van der Waals surface area contributed by atoms with Crippen LogP contribution in [0.15, 0.2) is 48.8 Å². The number of hydrogen-bond acceptors (Lipinski definition) is 4. The van der Waals surface area contributed by atoms with Gasteiger partial charge in [0.2, 0.25) is 0 Å². The van der Waals surface area contributed by atoms with E-state index in [9.17, 15) is 14.7 Å². The molecule has 3 N–H and O–H groups in total. The second-order valence-corrected chi connectivity index (χ2v) is 7.28. The Morgan fingerprint density at radius 2 is 1.87 bits per heavy atom. The number of piperazine rings is 1. The van der Waals surface area contributed by atoms with Gasteiger partial charge >= 0.3 is 12.0 Å². The lowest BCUT2D eigenvalue weighted by atomic mass is 10.0. The van der Waals surface area contributed by atoms with Crippen LogP contribution in [0.1, 0.15) is 11.1 Å². The first kappa shape index (κ1) is 19.7. The summed E-state index contributed by atoms with van der Waals surface area (Å²) in [5.74, 6) is -1.03. The van der Waals surface area contributed by atoms with Crippen LogP contribution in [0.3, 0.4) is 0 Å². The maximum Gasteiger partial charge on any atom is 0.336 e. The monoisotopic (exact) mass is 405 g/mol. The molecule has 4 rings (SSSR count). The molecule has 1 aliphatic heterocycles. The highest BCUT2D eigenvalue weighted by molar-refractivity contribution is 6.22. The average Bonchev–Trinajstić information content (AvgIpc) is 3.17. The van der Waals surface area contributed by atoms with Gasteiger partial charge in [0, 0.05) is 49.5 Å². The molecule has 1 aliphatic rings. The third-order valence-electron chi connectivity index (χ3n) is 5.25. The number of carboxylic acid groups (broad SMARTS) is 1. The van der Waals surface area contributed by atoms with Crippen molar-refractivity contribution < 1.29 is 14.7 Å². The number of H-pyrrole nitrogens is 1. The summed E-state index contributed by atoms with van der Waals surface area (Å²) < 4.78 is 0. The van der Waals surface area contributed by atoms with Gasteiger partial charge in [-0.3, -0.25) is 0 Å². The zero-order valence-electron chi connectivity index (χ0n) is 16.6. The van der Waals surface area contributed by atoms with Crippen LogP contribution in [-0.2, 0) is 4.79 Å². The average molecular weight is 405 g/mol. The predicted molar refractivity (Wildman–Crippen MR) is 116 cm³/mol.